The van der Waals surface area contributed by atoms with Gasteiger partial charge in [0.1, 0.15) is 18.1 Å². The lowest BCUT2D eigenvalue weighted by molar-refractivity contribution is -0.145. The molecule has 1 aromatic heterocycles. The SMILES string of the molecule is O=C(O)[C@@H]1[C@@H](C(=O)Nc2ncn(Cc3ccc(F)cc3)n2)[C@@H]2C=C[C@@H]1O2. The van der Waals surface area contributed by atoms with Gasteiger partial charge in [0.05, 0.1) is 24.7 Å². The average molecular weight is 358 g/mol. The van der Waals surface area contributed by atoms with Crippen LogP contribution < -0.4 is 5.32 Å². The quantitative estimate of drug-likeness (QED) is 0.774. The number of aliphatic carboxylic acids is 1. The van der Waals surface area contributed by atoms with Crippen LogP contribution in [0.4, 0.5) is 10.3 Å². The number of fused-ring (bicyclic) bond motifs is 2. The maximum absolute atomic E-state index is 12.9. The van der Waals surface area contributed by atoms with Crippen molar-refractivity contribution in [2.75, 3.05) is 5.32 Å². The van der Waals surface area contributed by atoms with Crippen molar-refractivity contribution in [1.82, 2.24) is 14.8 Å². The molecular weight excluding hydrogens is 343 g/mol. The number of hydrogen-bond acceptors (Lipinski definition) is 5. The van der Waals surface area contributed by atoms with E-state index >= 15 is 0 Å². The van der Waals surface area contributed by atoms with Crippen LogP contribution in [-0.2, 0) is 20.9 Å². The van der Waals surface area contributed by atoms with Crippen LogP contribution in [0.25, 0.3) is 0 Å². The van der Waals surface area contributed by atoms with Crippen molar-refractivity contribution in [2.45, 2.75) is 18.8 Å². The first-order valence-electron chi connectivity index (χ1n) is 8.02. The molecule has 0 unspecified atom stereocenters. The average Bonchev–Trinajstić information content (AvgIpc) is 3.32. The highest BCUT2D eigenvalue weighted by Gasteiger charge is 2.53. The fourth-order valence-corrected chi connectivity index (χ4v) is 3.31. The zero-order valence-corrected chi connectivity index (χ0v) is 13.4. The Morgan fingerprint density at radius 3 is 2.58 bits per heavy atom. The molecule has 26 heavy (non-hydrogen) atoms. The summed E-state index contributed by atoms with van der Waals surface area (Å²) < 4.78 is 19.9. The van der Waals surface area contributed by atoms with Crippen molar-refractivity contribution in [3.8, 4) is 0 Å². The Balaban J connectivity index is 1.44. The first-order chi connectivity index (χ1) is 12.5. The molecular formula is C17H15FN4O4. The molecule has 4 atom stereocenters. The van der Waals surface area contributed by atoms with Gasteiger partial charge in [0.25, 0.3) is 0 Å². The fraction of sp³-hybridized carbons (Fsp3) is 0.294. The number of carboxylic acids is 1. The molecule has 2 aliphatic rings. The maximum Gasteiger partial charge on any atom is 0.310 e. The molecule has 3 heterocycles. The summed E-state index contributed by atoms with van der Waals surface area (Å²) in [7, 11) is 0. The number of nitrogens with zero attached hydrogens (tertiary/aromatic N) is 3. The van der Waals surface area contributed by atoms with Crippen LogP contribution in [0.3, 0.4) is 0 Å². The summed E-state index contributed by atoms with van der Waals surface area (Å²) in [4.78, 5) is 28.0. The molecule has 9 heteroatoms. The van der Waals surface area contributed by atoms with Crippen LogP contribution in [0.5, 0.6) is 0 Å². The topological polar surface area (TPSA) is 106 Å². The minimum absolute atomic E-state index is 0.0769. The van der Waals surface area contributed by atoms with E-state index < -0.39 is 35.9 Å². The first kappa shape index (κ1) is 16.4. The van der Waals surface area contributed by atoms with E-state index in [1.807, 2.05) is 0 Å². The minimum atomic E-state index is -1.07. The molecule has 0 aliphatic carbocycles. The van der Waals surface area contributed by atoms with Crippen molar-refractivity contribution in [2.24, 2.45) is 11.8 Å². The number of carboxylic acid groups (broad SMARTS) is 1. The number of carbonyl (C=O) groups is 2. The van der Waals surface area contributed by atoms with E-state index in [9.17, 15) is 19.1 Å². The molecule has 1 fully saturated rings. The predicted molar refractivity (Wildman–Crippen MR) is 86.6 cm³/mol. The number of nitrogens with one attached hydrogen (secondary N) is 1. The zero-order chi connectivity index (χ0) is 18.3. The number of benzene rings is 1. The van der Waals surface area contributed by atoms with Crippen molar-refractivity contribution < 1.29 is 23.8 Å². The second kappa shape index (κ2) is 6.34. The number of ether oxygens (including phenoxy) is 1. The Bertz CT molecular complexity index is 879. The second-order valence-electron chi connectivity index (χ2n) is 6.22. The number of halogens is 1. The highest BCUT2D eigenvalue weighted by molar-refractivity contribution is 5.95. The van der Waals surface area contributed by atoms with Crippen molar-refractivity contribution in [3.63, 3.8) is 0 Å². The summed E-state index contributed by atoms with van der Waals surface area (Å²) >= 11 is 0. The van der Waals surface area contributed by atoms with Crippen LogP contribution in [0.15, 0.2) is 42.7 Å². The molecule has 1 amide bonds. The third-order valence-electron chi connectivity index (χ3n) is 4.52. The molecule has 0 radical (unpaired) electrons. The van der Waals surface area contributed by atoms with Crippen molar-refractivity contribution >= 4 is 17.8 Å². The van der Waals surface area contributed by atoms with E-state index in [0.717, 1.165) is 5.56 Å². The van der Waals surface area contributed by atoms with Crippen LogP contribution in [0.1, 0.15) is 5.56 Å². The van der Waals surface area contributed by atoms with Gasteiger partial charge in [0.2, 0.25) is 11.9 Å². The highest BCUT2D eigenvalue weighted by atomic mass is 19.1. The van der Waals surface area contributed by atoms with E-state index in [2.05, 4.69) is 15.4 Å². The van der Waals surface area contributed by atoms with E-state index in [-0.39, 0.29) is 11.8 Å². The summed E-state index contributed by atoms with van der Waals surface area (Å²) in [6.45, 7) is 0.362. The molecule has 0 spiro atoms. The van der Waals surface area contributed by atoms with E-state index in [1.165, 1.54) is 23.1 Å². The third kappa shape index (κ3) is 2.97. The maximum atomic E-state index is 12.9. The lowest BCUT2D eigenvalue weighted by atomic mass is 9.82. The van der Waals surface area contributed by atoms with Gasteiger partial charge >= 0.3 is 5.97 Å². The molecule has 2 bridgehead atoms. The van der Waals surface area contributed by atoms with E-state index in [0.29, 0.717) is 6.54 Å². The van der Waals surface area contributed by atoms with Gasteiger partial charge in [0.15, 0.2) is 0 Å². The fourth-order valence-electron chi connectivity index (χ4n) is 3.31. The second-order valence-corrected chi connectivity index (χ2v) is 6.22. The Labute approximate surface area is 147 Å². The highest BCUT2D eigenvalue weighted by Crippen LogP contribution is 2.39. The molecule has 2 aromatic rings. The number of hydrogen-bond donors (Lipinski definition) is 2. The zero-order valence-electron chi connectivity index (χ0n) is 13.4. The lowest BCUT2D eigenvalue weighted by Gasteiger charge is -2.19. The molecule has 2 N–H and O–H groups in total. The number of rotatable bonds is 5. The first-order valence-corrected chi connectivity index (χ1v) is 8.02. The number of anilines is 1. The van der Waals surface area contributed by atoms with Crippen LogP contribution >= 0.6 is 0 Å². The van der Waals surface area contributed by atoms with Crippen LogP contribution in [0.2, 0.25) is 0 Å². The summed E-state index contributed by atoms with van der Waals surface area (Å²) in [5, 5.41) is 16.0. The molecule has 4 rings (SSSR count). The standard InChI is InChI=1S/C17H15FN4O4/c18-10-3-1-9(2-4-10)7-22-8-19-17(21-22)20-15(23)13-11-5-6-12(26-11)14(13)16(24)25/h1-6,8,11-14H,7H2,(H,24,25)(H,20,21,23)/t11-,12-,13-,14-/m0/s1. The summed E-state index contributed by atoms with van der Waals surface area (Å²) in [6.07, 6.45) is 3.67. The molecule has 0 saturated carbocycles. The van der Waals surface area contributed by atoms with Gasteiger partial charge in [-0.1, -0.05) is 24.3 Å². The van der Waals surface area contributed by atoms with Gasteiger partial charge in [-0.05, 0) is 17.7 Å². The monoisotopic (exact) mass is 358 g/mol. The summed E-state index contributed by atoms with van der Waals surface area (Å²) in [5.41, 5.74) is 0.826. The lowest BCUT2D eigenvalue weighted by Crippen LogP contribution is -2.39. The van der Waals surface area contributed by atoms with Gasteiger partial charge in [-0.3, -0.25) is 14.9 Å². The van der Waals surface area contributed by atoms with Crippen LogP contribution in [0, 0.1) is 17.7 Å². The van der Waals surface area contributed by atoms with Gasteiger partial charge in [-0.2, -0.15) is 0 Å². The molecule has 8 nitrogen and oxygen atoms in total. The normalized spacial score (nSPS) is 26.2. The number of carbonyl (C=O) groups excluding carboxylic acids is 1. The van der Waals surface area contributed by atoms with Gasteiger partial charge in [-0.15, -0.1) is 5.10 Å². The Hall–Kier alpha value is -3.07. The van der Waals surface area contributed by atoms with Crippen LogP contribution in [-0.4, -0.2) is 44.0 Å². The van der Waals surface area contributed by atoms with Gasteiger partial charge < -0.3 is 9.84 Å². The molecule has 134 valence electrons. The minimum Gasteiger partial charge on any atom is -0.481 e. The predicted octanol–water partition coefficient (Wildman–Crippen LogP) is 1.06. The third-order valence-corrected chi connectivity index (χ3v) is 4.52. The Morgan fingerprint density at radius 2 is 1.88 bits per heavy atom. The Kier molecular flexibility index (Phi) is 4.00. The number of aromatic nitrogens is 3. The van der Waals surface area contributed by atoms with Crippen molar-refractivity contribution in [3.05, 3.63) is 54.1 Å². The molecule has 1 saturated heterocycles. The largest absolute Gasteiger partial charge is 0.481 e. The van der Waals surface area contributed by atoms with E-state index in [4.69, 9.17) is 4.74 Å². The van der Waals surface area contributed by atoms with Gasteiger partial charge in [0, 0.05) is 0 Å². The van der Waals surface area contributed by atoms with Gasteiger partial charge in [-0.25, -0.2) is 14.1 Å². The van der Waals surface area contributed by atoms with E-state index in [1.54, 1.807) is 24.3 Å². The summed E-state index contributed by atoms with van der Waals surface area (Å²) in [6, 6.07) is 5.96. The smallest absolute Gasteiger partial charge is 0.310 e. The number of amides is 1. The Morgan fingerprint density at radius 1 is 1.19 bits per heavy atom. The summed E-state index contributed by atoms with van der Waals surface area (Å²) in [5.74, 6) is -3.56. The molecule has 2 aliphatic heterocycles. The molecule has 1 aromatic carbocycles. The van der Waals surface area contributed by atoms with Crippen molar-refractivity contribution in [1.29, 1.82) is 0 Å².